The van der Waals surface area contributed by atoms with Gasteiger partial charge in [-0.3, -0.25) is 14.6 Å². The van der Waals surface area contributed by atoms with Gasteiger partial charge in [-0.05, 0) is 41.7 Å². The molecule has 0 radical (unpaired) electrons. The van der Waals surface area contributed by atoms with Crippen molar-refractivity contribution in [3.8, 4) is 0 Å². The molecule has 3 aromatic rings. The second kappa shape index (κ2) is 9.99. The summed E-state index contributed by atoms with van der Waals surface area (Å²) in [7, 11) is 0. The molecule has 1 aliphatic heterocycles. The number of hydrogen-bond donors (Lipinski definition) is 1. The van der Waals surface area contributed by atoms with Gasteiger partial charge in [-0.2, -0.15) is 0 Å². The molecule has 2 amide bonds. The van der Waals surface area contributed by atoms with Crippen molar-refractivity contribution < 1.29 is 9.59 Å². The number of benzene rings is 1. The molecular weight excluding hydrogens is 428 g/mol. The van der Waals surface area contributed by atoms with Crippen LogP contribution in [0.5, 0.6) is 0 Å². The van der Waals surface area contributed by atoms with Crippen molar-refractivity contribution in [2.75, 3.05) is 36.4 Å². The molecule has 34 heavy (non-hydrogen) atoms. The molecule has 0 saturated carbocycles. The van der Waals surface area contributed by atoms with E-state index in [0.717, 1.165) is 18.8 Å². The minimum Gasteiger partial charge on any atom is -0.355 e. The number of nitrogens with one attached hydrogen (secondary N) is 1. The van der Waals surface area contributed by atoms with E-state index >= 15 is 0 Å². The molecular formula is C26H30N6O2. The van der Waals surface area contributed by atoms with Crippen LogP contribution in [0.1, 0.15) is 53.6 Å². The van der Waals surface area contributed by atoms with E-state index in [2.05, 4.69) is 45.9 Å². The topological polar surface area (TPSA) is 91.3 Å². The highest BCUT2D eigenvalue weighted by atomic mass is 16.2. The number of aromatic nitrogens is 3. The lowest BCUT2D eigenvalue weighted by atomic mass is 9.87. The first-order chi connectivity index (χ1) is 16.3. The second-order valence-corrected chi connectivity index (χ2v) is 9.41. The Morgan fingerprint density at radius 3 is 2.32 bits per heavy atom. The first-order valence-corrected chi connectivity index (χ1v) is 11.5. The Kier molecular flexibility index (Phi) is 6.86. The molecule has 1 fully saturated rings. The van der Waals surface area contributed by atoms with Crippen molar-refractivity contribution in [3.05, 3.63) is 78.0 Å². The average Bonchev–Trinajstić information content (AvgIpc) is 3.10. The predicted octanol–water partition coefficient (Wildman–Crippen LogP) is 3.77. The molecule has 1 aromatic carbocycles. The van der Waals surface area contributed by atoms with Gasteiger partial charge in [-0.15, -0.1) is 0 Å². The molecule has 0 spiro atoms. The summed E-state index contributed by atoms with van der Waals surface area (Å²) in [6, 6.07) is 11.4. The maximum atomic E-state index is 12.7. The van der Waals surface area contributed by atoms with Crippen molar-refractivity contribution in [1.82, 2.24) is 19.9 Å². The number of nitrogens with zero attached hydrogens (tertiary/aromatic N) is 5. The van der Waals surface area contributed by atoms with Crippen molar-refractivity contribution in [2.45, 2.75) is 32.6 Å². The molecule has 3 heterocycles. The van der Waals surface area contributed by atoms with Crippen molar-refractivity contribution in [2.24, 2.45) is 0 Å². The molecule has 1 N–H and O–H groups in total. The van der Waals surface area contributed by atoms with Gasteiger partial charge in [0, 0.05) is 44.1 Å². The molecule has 8 heteroatoms. The summed E-state index contributed by atoms with van der Waals surface area (Å²) in [6.45, 7) is 9.15. The normalized spacial score (nSPS) is 14.4. The number of carbonyl (C=O) groups is 2. The zero-order chi connectivity index (χ0) is 24.1. The number of rotatable bonds is 4. The molecule has 0 aliphatic carbocycles. The summed E-state index contributed by atoms with van der Waals surface area (Å²) < 4.78 is 0. The summed E-state index contributed by atoms with van der Waals surface area (Å²) in [4.78, 5) is 41.9. The fourth-order valence-electron chi connectivity index (χ4n) is 3.89. The van der Waals surface area contributed by atoms with E-state index in [4.69, 9.17) is 0 Å². The Balaban J connectivity index is 1.35. The number of anilines is 2. The van der Waals surface area contributed by atoms with E-state index in [1.165, 1.54) is 18.0 Å². The summed E-state index contributed by atoms with van der Waals surface area (Å²) in [5.74, 6) is 0.556. The highest BCUT2D eigenvalue weighted by Gasteiger charge is 2.22. The van der Waals surface area contributed by atoms with Crippen LogP contribution in [0.3, 0.4) is 0 Å². The van der Waals surface area contributed by atoms with Gasteiger partial charge in [0.2, 0.25) is 0 Å². The number of amides is 2. The number of hydrogen-bond acceptors (Lipinski definition) is 6. The first-order valence-electron chi connectivity index (χ1n) is 11.5. The minimum absolute atomic E-state index is 0.0437. The minimum atomic E-state index is -0.164. The Morgan fingerprint density at radius 2 is 1.68 bits per heavy atom. The molecule has 0 unspecified atom stereocenters. The van der Waals surface area contributed by atoms with Gasteiger partial charge in [0.05, 0.1) is 18.1 Å². The van der Waals surface area contributed by atoms with Crippen molar-refractivity contribution in [3.63, 3.8) is 0 Å². The molecule has 4 rings (SSSR count). The van der Waals surface area contributed by atoms with Crippen LogP contribution in [0, 0.1) is 0 Å². The van der Waals surface area contributed by atoms with Crippen molar-refractivity contribution >= 4 is 23.3 Å². The van der Waals surface area contributed by atoms with E-state index in [0.29, 0.717) is 36.6 Å². The quantitative estimate of drug-likeness (QED) is 0.640. The molecule has 176 valence electrons. The molecule has 1 aliphatic rings. The molecule has 2 aromatic heterocycles. The fraction of sp³-hybridized carbons (Fsp3) is 0.346. The van der Waals surface area contributed by atoms with Crippen LogP contribution in [0.25, 0.3) is 0 Å². The van der Waals surface area contributed by atoms with Crippen LogP contribution in [-0.2, 0) is 5.41 Å². The standard InChI is InChI=1S/C26H30N6O2/c1-26(2,3)20-7-5-19(6-8-20)24(33)30-21-9-10-23(29-17-21)31-13-4-14-32(16-15-31)25(34)22-18-27-11-12-28-22/h5-12,17-18H,4,13-16H2,1-3H3,(H,30,33). The third-order valence-corrected chi connectivity index (χ3v) is 5.91. The SMILES string of the molecule is CC(C)(C)c1ccc(C(=O)Nc2ccc(N3CCCN(C(=O)c4cnccn4)CC3)nc2)cc1. The molecule has 1 saturated heterocycles. The monoisotopic (exact) mass is 458 g/mol. The van der Waals surface area contributed by atoms with E-state index < -0.39 is 0 Å². The smallest absolute Gasteiger partial charge is 0.274 e. The van der Waals surface area contributed by atoms with Gasteiger partial charge in [0.15, 0.2) is 0 Å². The highest BCUT2D eigenvalue weighted by molar-refractivity contribution is 6.04. The van der Waals surface area contributed by atoms with E-state index in [1.54, 1.807) is 12.4 Å². The van der Waals surface area contributed by atoms with Gasteiger partial charge >= 0.3 is 0 Å². The summed E-state index contributed by atoms with van der Waals surface area (Å²) in [6.07, 6.45) is 7.09. The van der Waals surface area contributed by atoms with Crippen LogP contribution >= 0.6 is 0 Å². The van der Waals surface area contributed by atoms with E-state index in [9.17, 15) is 9.59 Å². The lowest BCUT2D eigenvalue weighted by Gasteiger charge is -2.22. The Bertz CT molecular complexity index is 1120. The predicted molar refractivity (Wildman–Crippen MR) is 132 cm³/mol. The fourth-order valence-corrected chi connectivity index (χ4v) is 3.89. The Hall–Kier alpha value is -3.81. The third kappa shape index (κ3) is 5.57. The van der Waals surface area contributed by atoms with Gasteiger partial charge in [-0.1, -0.05) is 32.9 Å². The van der Waals surface area contributed by atoms with E-state index in [1.807, 2.05) is 41.3 Å². The van der Waals surface area contributed by atoms with Gasteiger partial charge in [-0.25, -0.2) is 9.97 Å². The Labute approximate surface area is 200 Å². The van der Waals surface area contributed by atoms with Crippen molar-refractivity contribution in [1.29, 1.82) is 0 Å². The first kappa shape index (κ1) is 23.4. The second-order valence-electron chi connectivity index (χ2n) is 9.41. The van der Waals surface area contributed by atoms with Gasteiger partial charge in [0.25, 0.3) is 11.8 Å². The zero-order valence-electron chi connectivity index (χ0n) is 19.9. The summed E-state index contributed by atoms with van der Waals surface area (Å²) >= 11 is 0. The molecule has 0 bridgehead atoms. The number of pyridine rings is 1. The lowest BCUT2D eigenvalue weighted by molar-refractivity contribution is 0.0760. The van der Waals surface area contributed by atoms with Crippen LogP contribution in [0.2, 0.25) is 0 Å². The maximum Gasteiger partial charge on any atom is 0.274 e. The van der Waals surface area contributed by atoms with Crippen LogP contribution in [-0.4, -0.2) is 57.8 Å². The third-order valence-electron chi connectivity index (χ3n) is 5.91. The molecule has 0 atom stereocenters. The summed E-state index contributed by atoms with van der Waals surface area (Å²) in [5, 5.41) is 2.91. The maximum absolute atomic E-state index is 12.7. The zero-order valence-corrected chi connectivity index (χ0v) is 19.9. The molecule has 8 nitrogen and oxygen atoms in total. The van der Waals surface area contributed by atoms with Gasteiger partial charge < -0.3 is 15.1 Å². The number of carbonyl (C=O) groups excluding carboxylic acids is 2. The highest BCUT2D eigenvalue weighted by Crippen LogP contribution is 2.23. The average molecular weight is 459 g/mol. The van der Waals surface area contributed by atoms with E-state index in [-0.39, 0.29) is 17.2 Å². The van der Waals surface area contributed by atoms with Crippen LogP contribution in [0.4, 0.5) is 11.5 Å². The summed E-state index contributed by atoms with van der Waals surface area (Å²) in [5.41, 5.74) is 2.84. The lowest BCUT2D eigenvalue weighted by Crippen LogP contribution is -2.35. The van der Waals surface area contributed by atoms with Crippen LogP contribution < -0.4 is 10.2 Å². The Morgan fingerprint density at radius 1 is 0.882 bits per heavy atom. The van der Waals surface area contributed by atoms with Gasteiger partial charge in [0.1, 0.15) is 11.5 Å². The van der Waals surface area contributed by atoms with Crippen LogP contribution in [0.15, 0.2) is 61.2 Å². The largest absolute Gasteiger partial charge is 0.355 e.